The molecule has 22 heavy (non-hydrogen) atoms. The highest BCUT2D eigenvalue weighted by Crippen LogP contribution is 2.26. The van der Waals surface area contributed by atoms with Gasteiger partial charge in [-0.1, -0.05) is 69.3 Å². The van der Waals surface area contributed by atoms with Gasteiger partial charge in [-0.15, -0.1) is 0 Å². The molecule has 2 rings (SSSR count). The summed E-state index contributed by atoms with van der Waals surface area (Å²) in [5.74, 6) is -0.228. The van der Waals surface area contributed by atoms with Crippen LogP contribution in [0.1, 0.15) is 50.0 Å². The van der Waals surface area contributed by atoms with Crippen molar-refractivity contribution in [3.8, 4) is 11.1 Å². The molecule has 0 atom stereocenters. The molecule has 0 aliphatic rings. The summed E-state index contributed by atoms with van der Waals surface area (Å²) in [4.78, 5) is 22.8. The van der Waals surface area contributed by atoms with Crippen molar-refractivity contribution in [2.24, 2.45) is 0 Å². The van der Waals surface area contributed by atoms with Crippen LogP contribution in [0.4, 0.5) is 0 Å². The molecule has 0 saturated carbocycles. The largest absolute Gasteiger partial charge is 0.300 e. The highest BCUT2D eigenvalue weighted by molar-refractivity contribution is 6.07. The van der Waals surface area contributed by atoms with Crippen LogP contribution in [0.5, 0.6) is 0 Å². The highest BCUT2D eigenvalue weighted by atomic mass is 16.1. The number of ketones is 2. The Kier molecular flexibility index (Phi) is 4.60. The minimum atomic E-state index is -0.123. The van der Waals surface area contributed by atoms with Crippen molar-refractivity contribution in [1.82, 2.24) is 0 Å². The van der Waals surface area contributed by atoms with Crippen LogP contribution >= 0.6 is 0 Å². The average Bonchev–Trinajstić information content (AvgIpc) is 2.46. The number of rotatable bonds is 4. The molecular formula is C20H22O2. The van der Waals surface area contributed by atoms with Gasteiger partial charge in [0.2, 0.25) is 0 Å². The molecule has 0 aliphatic heterocycles. The maximum atomic E-state index is 11.8. The zero-order valence-electron chi connectivity index (χ0n) is 13.6. The lowest BCUT2D eigenvalue weighted by Crippen LogP contribution is -2.10. The molecule has 2 aromatic carbocycles. The van der Waals surface area contributed by atoms with Crippen molar-refractivity contribution in [3.63, 3.8) is 0 Å². The standard InChI is InChI=1S/C20H22O2/c1-14(21)13-19(22)17-7-5-15(6-8-17)16-9-11-18(12-10-16)20(2,3)4/h5-12H,13H2,1-4H3. The molecule has 0 aromatic heterocycles. The molecule has 0 amide bonds. The van der Waals surface area contributed by atoms with E-state index in [1.165, 1.54) is 12.5 Å². The molecule has 2 aromatic rings. The monoisotopic (exact) mass is 294 g/mol. The molecule has 2 heteroatoms. The van der Waals surface area contributed by atoms with Crippen molar-refractivity contribution >= 4 is 11.6 Å². The van der Waals surface area contributed by atoms with Crippen LogP contribution in [-0.4, -0.2) is 11.6 Å². The molecule has 0 heterocycles. The predicted octanol–water partition coefficient (Wildman–Crippen LogP) is 4.81. The summed E-state index contributed by atoms with van der Waals surface area (Å²) in [6.45, 7) is 8.01. The highest BCUT2D eigenvalue weighted by Gasteiger charge is 2.13. The molecule has 2 nitrogen and oxygen atoms in total. The Morgan fingerprint density at radius 3 is 1.68 bits per heavy atom. The first-order chi connectivity index (χ1) is 10.3. The molecule has 0 N–H and O–H groups in total. The summed E-state index contributed by atoms with van der Waals surface area (Å²) in [5.41, 5.74) is 4.22. The number of carbonyl (C=O) groups excluding carboxylic acids is 2. The molecule has 0 fully saturated rings. The molecule has 0 aliphatic carbocycles. The maximum absolute atomic E-state index is 11.8. The number of benzene rings is 2. The van der Waals surface area contributed by atoms with Crippen molar-refractivity contribution in [1.29, 1.82) is 0 Å². The second-order valence-electron chi connectivity index (χ2n) is 6.71. The zero-order valence-corrected chi connectivity index (χ0v) is 13.6. The van der Waals surface area contributed by atoms with E-state index in [1.807, 2.05) is 12.1 Å². The fourth-order valence-corrected chi connectivity index (χ4v) is 2.34. The zero-order chi connectivity index (χ0) is 16.3. The lowest BCUT2D eigenvalue weighted by atomic mass is 9.86. The SMILES string of the molecule is CC(=O)CC(=O)c1ccc(-c2ccc(C(C)(C)C)cc2)cc1. The van der Waals surface area contributed by atoms with Crippen LogP contribution in [0.3, 0.4) is 0 Å². The van der Waals surface area contributed by atoms with E-state index in [-0.39, 0.29) is 23.4 Å². The van der Waals surface area contributed by atoms with E-state index in [2.05, 4.69) is 45.0 Å². The Balaban J connectivity index is 2.20. The van der Waals surface area contributed by atoms with E-state index in [0.29, 0.717) is 5.56 Å². The number of hydrogen-bond acceptors (Lipinski definition) is 2. The van der Waals surface area contributed by atoms with Gasteiger partial charge in [0.1, 0.15) is 5.78 Å². The van der Waals surface area contributed by atoms with Gasteiger partial charge in [0.15, 0.2) is 5.78 Å². The maximum Gasteiger partial charge on any atom is 0.170 e. The normalized spacial score (nSPS) is 11.3. The Labute approximate surface area is 132 Å². The first-order valence-electron chi connectivity index (χ1n) is 7.51. The fraction of sp³-hybridized carbons (Fsp3) is 0.300. The van der Waals surface area contributed by atoms with Crippen LogP contribution in [0.25, 0.3) is 11.1 Å². The van der Waals surface area contributed by atoms with E-state index < -0.39 is 0 Å². The van der Waals surface area contributed by atoms with E-state index in [9.17, 15) is 9.59 Å². The van der Waals surface area contributed by atoms with Gasteiger partial charge >= 0.3 is 0 Å². The van der Waals surface area contributed by atoms with Gasteiger partial charge in [-0.25, -0.2) is 0 Å². The second kappa shape index (κ2) is 6.27. The van der Waals surface area contributed by atoms with Crippen molar-refractivity contribution in [2.45, 2.75) is 39.5 Å². The minimum absolute atomic E-state index is 0.0281. The molecule has 0 bridgehead atoms. The van der Waals surface area contributed by atoms with Gasteiger partial charge in [-0.3, -0.25) is 9.59 Å². The van der Waals surface area contributed by atoms with Gasteiger partial charge in [-0.2, -0.15) is 0 Å². The van der Waals surface area contributed by atoms with Crippen LogP contribution in [0.15, 0.2) is 48.5 Å². The topological polar surface area (TPSA) is 34.1 Å². The molecule has 114 valence electrons. The summed E-state index contributed by atoms with van der Waals surface area (Å²) in [6.07, 6.45) is -0.0281. The fourth-order valence-electron chi connectivity index (χ4n) is 2.34. The summed E-state index contributed by atoms with van der Waals surface area (Å²) in [6, 6.07) is 15.9. The van der Waals surface area contributed by atoms with Gasteiger partial charge in [0, 0.05) is 5.56 Å². The Morgan fingerprint density at radius 1 is 0.818 bits per heavy atom. The smallest absolute Gasteiger partial charge is 0.170 e. The van der Waals surface area contributed by atoms with Crippen molar-refractivity contribution in [2.75, 3.05) is 0 Å². The summed E-state index contributed by atoms with van der Waals surface area (Å²) in [5, 5.41) is 0. The molecule has 0 radical (unpaired) electrons. The van der Waals surface area contributed by atoms with Crippen LogP contribution in [0.2, 0.25) is 0 Å². The van der Waals surface area contributed by atoms with Gasteiger partial charge in [0.25, 0.3) is 0 Å². The number of carbonyl (C=O) groups is 2. The third-order valence-electron chi connectivity index (χ3n) is 3.70. The predicted molar refractivity (Wildman–Crippen MR) is 90.2 cm³/mol. The van der Waals surface area contributed by atoms with E-state index >= 15 is 0 Å². The van der Waals surface area contributed by atoms with Gasteiger partial charge in [-0.05, 0) is 29.0 Å². The lowest BCUT2D eigenvalue weighted by Gasteiger charge is -2.19. The lowest BCUT2D eigenvalue weighted by molar-refractivity contribution is -0.116. The second-order valence-corrected chi connectivity index (χ2v) is 6.71. The summed E-state index contributed by atoms with van der Waals surface area (Å²) >= 11 is 0. The Morgan fingerprint density at radius 2 is 1.27 bits per heavy atom. The van der Waals surface area contributed by atoms with E-state index in [0.717, 1.165) is 11.1 Å². The van der Waals surface area contributed by atoms with E-state index in [1.54, 1.807) is 12.1 Å². The molecule has 0 saturated heterocycles. The van der Waals surface area contributed by atoms with E-state index in [4.69, 9.17) is 0 Å². The molecule has 0 spiro atoms. The first kappa shape index (κ1) is 16.2. The quantitative estimate of drug-likeness (QED) is 0.599. The van der Waals surface area contributed by atoms with Crippen molar-refractivity contribution < 1.29 is 9.59 Å². The molecule has 0 unspecified atom stereocenters. The van der Waals surface area contributed by atoms with Gasteiger partial charge in [0.05, 0.1) is 6.42 Å². The van der Waals surface area contributed by atoms with Crippen LogP contribution in [0, 0.1) is 0 Å². The summed E-state index contributed by atoms with van der Waals surface area (Å²) < 4.78 is 0. The first-order valence-corrected chi connectivity index (χ1v) is 7.51. The van der Waals surface area contributed by atoms with Crippen molar-refractivity contribution in [3.05, 3.63) is 59.7 Å². The minimum Gasteiger partial charge on any atom is -0.300 e. The van der Waals surface area contributed by atoms with Crippen LogP contribution < -0.4 is 0 Å². The van der Waals surface area contributed by atoms with Crippen LogP contribution in [-0.2, 0) is 10.2 Å². The number of hydrogen-bond donors (Lipinski definition) is 0. The third-order valence-corrected chi connectivity index (χ3v) is 3.70. The third kappa shape index (κ3) is 3.91. The average molecular weight is 294 g/mol. The summed E-state index contributed by atoms with van der Waals surface area (Å²) in [7, 11) is 0. The number of Topliss-reactive ketones (excluding diaryl/α,β-unsaturated/α-hetero) is 2. The Bertz CT molecular complexity index is 671. The molecular weight excluding hydrogens is 272 g/mol. The Hall–Kier alpha value is -2.22. The van der Waals surface area contributed by atoms with Gasteiger partial charge < -0.3 is 0 Å².